The quantitative estimate of drug-likeness (QED) is 0.670. The zero-order valence-electron chi connectivity index (χ0n) is 14.9. The molecule has 2 heterocycles. The smallest absolute Gasteiger partial charge is 0.257 e. The van der Waals surface area contributed by atoms with E-state index in [2.05, 4.69) is 5.32 Å². The molecular weight excluding hydrogens is 322 g/mol. The fraction of sp³-hybridized carbons (Fsp3) is 0.667. The maximum Gasteiger partial charge on any atom is 0.257 e. The van der Waals surface area contributed by atoms with Crippen LogP contribution in [0.3, 0.4) is 0 Å². The molecule has 0 unspecified atom stereocenters. The van der Waals surface area contributed by atoms with Gasteiger partial charge in [-0.15, -0.1) is 0 Å². The van der Waals surface area contributed by atoms with Crippen molar-refractivity contribution < 1.29 is 23.6 Å². The Hall–Kier alpha value is -1.86. The predicted octanol–water partition coefficient (Wildman–Crippen LogP) is -0.386. The molecule has 2 aliphatic rings. The minimum absolute atomic E-state index is 0.00928. The van der Waals surface area contributed by atoms with Gasteiger partial charge in [-0.2, -0.15) is 0 Å². The number of nitrogens with zero attached hydrogens (tertiary/aromatic N) is 1. The van der Waals surface area contributed by atoms with Crippen molar-refractivity contribution in [3.05, 3.63) is 23.7 Å². The van der Waals surface area contributed by atoms with Gasteiger partial charge in [0.2, 0.25) is 5.91 Å². The Morgan fingerprint density at radius 3 is 2.72 bits per heavy atom. The fourth-order valence-corrected chi connectivity index (χ4v) is 3.20. The number of carbonyl (C=O) groups excluding carboxylic acids is 2. The average Bonchev–Trinajstić information content (AvgIpc) is 3.36. The van der Waals surface area contributed by atoms with E-state index in [1.807, 2.05) is 4.90 Å². The van der Waals surface area contributed by atoms with Gasteiger partial charge in [-0.05, 0) is 25.8 Å². The van der Waals surface area contributed by atoms with Crippen molar-refractivity contribution in [1.82, 2.24) is 10.2 Å². The SMILES string of the molecule is Cc1occc1C(=O)N(CCC(=O)NCC[NH+]1CCOCC1)C1CC1. The summed E-state index contributed by atoms with van der Waals surface area (Å²) >= 11 is 0. The molecule has 1 aromatic heterocycles. The maximum absolute atomic E-state index is 12.7. The van der Waals surface area contributed by atoms with Crippen LogP contribution in [0.1, 0.15) is 35.4 Å². The molecule has 1 aliphatic carbocycles. The van der Waals surface area contributed by atoms with E-state index in [4.69, 9.17) is 9.15 Å². The topological polar surface area (TPSA) is 76.2 Å². The third-order valence-electron chi connectivity index (χ3n) is 4.92. The van der Waals surface area contributed by atoms with Crippen LogP contribution in [0.4, 0.5) is 0 Å². The van der Waals surface area contributed by atoms with Crippen LogP contribution in [-0.4, -0.2) is 68.7 Å². The minimum atomic E-state index is -0.0284. The minimum Gasteiger partial charge on any atom is -0.469 e. The normalized spacial score (nSPS) is 18.1. The van der Waals surface area contributed by atoms with Crippen LogP contribution in [-0.2, 0) is 9.53 Å². The zero-order valence-corrected chi connectivity index (χ0v) is 14.9. The van der Waals surface area contributed by atoms with Crippen LogP contribution in [0.15, 0.2) is 16.7 Å². The maximum atomic E-state index is 12.7. The van der Waals surface area contributed by atoms with Gasteiger partial charge >= 0.3 is 0 Å². The summed E-state index contributed by atoms with van der Waals surface area (Å²) in [5.74, 6) is 0.614. The standard InChI is InChI=1S/C18H27N3O4/c1-14-16(5-11-25-14)18(23)21(15-2-3-15)7-4-17(22)19-6-8-20-9-12-24-13-10-20/h5,11,15H,2-4,6-10,12-13H2,1H3,(H,19,22)/p+1. The Labute approximate surface area is 148 Å². The lowest BCUT2D eigenvalue weighted by Gasteiger charge is -2.24. The molecule has 1 aromatic rings. The second-order valence-electron chi connectivity index (χ2n) is 6.83. The number of carbonyl (C=O) groups is 2. The number of rotatable bonds is 8. The highest BCUT2D eigenvalue weighted by Gasteiger charge is 2.34. The summed E-state index contributed by atoms with van der Waals surface area (Å²) in [6.07, 6.45) is 3.92. The highest BCUT2D eigenvalue weighted by atomic mass is 16.5. The molecule has 0 atom stereocenters. The van der Waals surface area contributed by atoms with Crippen molar-refractivity contribution >= 4 is 11.8 Å². The molecular formula is C18H28N3O4+. The summed E-state index contributed by atoms with van der Waals surface area (Å²) in [4.78, 5) is 28.1. The summed E-state index contributed by atoms with van der Waals surface area (Å²) in [5.41, 5.74) is 0.600. The second-order valence-corrected chi connectivity index (χ2v) is 6.83. The zero-order chi connectivity index (χ0) is 17.6. The third-order valence-corrected chi connectivity index (χ3v) is 4.92. The van der Waals surface area contributed by atoms with Crippen molar-refractivity contribution in [2.45, 2.75) is 32.2 Å². The third kappa shape index (κ3) is 5.06. The van der Waals surface area contributed by atoms with E-state index >= 15 is 0 Å². The molecule has 0 aromatic carbocycles. The van der Waals surface area contributed by atoms with Crippen LogP contribution >= 0.6 is 0 Å². The number of hydrogen-bond acceptors (Lipinski definition) is 4. The Morgan fingerprint density at radius 2 is 2.08 bits per heavy atom. The molecule has 25 heavy (non-hydrogen) atoms. The molecule has 7 nitrogen and oxygen atoms in total. The number of nitrogens with one attached hydrogen (secondary N) is 2. The Bertz CT molecular complexity index is 591. The van der Waals surface area contributed by atoms with Crippen LogP contribution in [0.2, 0.25) is 0 Å². The summed E-state index contributed by atoms with van der Waals surface area (Å²) in [7, 11) is 0. The first-order valence-corrected chi connectivity index (χ1v) is 9.18. The Morgan fingerprint density at radius 1 is 1.32 bits per heavy atom. The molecule has 7 heteroatoms. The first kappa shape index (κ1) is 17.9. The predicted molar refractivity (Wildman–Crippen MR) is 91.5 cm³/mol. The van der Waals surface area contributed by atoms with Crippen molar-refractivity contribution in [2.75, 3.05) is 45.9 Å². The van der Waals surface area contributed by atoms with Gasteiger partial charge < -0.3 is 24.3 Å². The summed E-state index contributed by atoms with van der Waals surface area (Å²) in [5, 5.41) is 2.97. The molecule has 2 fully saturated rings. The molecule has 0 bridgehead atoms. The van der Waals surface area contributed by atoms with Gasteiger partial charge in [-0.1, -0.05) is 0 Å². The average molecular weight is 350 g/mol. The largest absolute Gasteiger partial charge is 0.469 e. The number of quaternary nitrogens is 1. The lowest BCUT2D eigenvalue weighted by Crippen LogP contribution is -3.14. The van der Waals surface area contributed by atoms with E-state index < -0.39 is 0 Å². The van der Waals surface area contributed by atoms with Crippen LogP contribution in [0.25, 0.3) is 0 Å². The van der Waals surface area contributed by atoms with Gasteiger partial charge in [0.1, 0.15) is 18.8 Å². The van der Waals surface area contributed by atoms with Gasteiger partial charge in [0.15, 0.2) is 0 Å². The lowest BCUT2D eigenvalue weighted by atomic mass is 10.2. The van der Waals surface area contributed by atoms with Gasteiger partial charge in [0.25, 0.3) is 5.91 Å². The lowest BCUT2D eigenvalue weighted by molar-refractivity contribution is -0.906. The number of hydrogen-bond donors (Lipinski definition) is 2. The van der Waals surface area contributed by atoms with Crippen LogP contribution in [0.5, 0.6) is 0 Å². The van der Waals surface area contributed by atoms with Crippen molar-refractivity contribution in [3.8, 4) is 0 Å². The monoisotopic (exact) mass is 350 g/mol. The first-order chi connectivity index (χ1) is 12.1. The van der Waals surface area contributed by atoms with Crippen LogP contribution in [0, 0.1) is 6.92 Å². The molecule has 2 N–H and O–H groups in total. The molecule has 1 aliphatic heterocycles. The number of furan rings is 1. The van der Waals surface area contributed by atoms with E-state index in [0.717, 1.165) is 45.7 Å². The van der Waals surface area contributed by atoms with E-state index in [9.17, 15) is 9.59 Å². The number of ether oxygens (including phenoxy) is 1. The number of morpholine rings is 1. The van der Waals surface area contributed by atoms with Crippen LogP contribution < -0.4 is 10.2 Å². The van der Waals surface area contributed by atoms with Crippen molar-refractivity contribution in [2.24, 2.45) is 0 Å². The van der Waals surface area contributed by atoms with E-state index in [1.54, 1.807) is 13.0 Å². The molecule has 1 saturated carbocycles. The first-order valence-electron chi connectivity index (χ1n) is 9.18. The summed E-state index contributed by atoms with van der Waals surface area (Å²) < 4.78 is 10.6. The molecule has 138 valence electrons. The number of aryl methyl sites for hydroxylation is 1. The summed E-state index contributed by atoms with van der Waals surface area (Å²) in [6, 6.07) is 1.98. The van der Waals surface area contributed by atoms with Gasteiger partial charge in [0, 0.05) is 19.0 Å². The van der Waals surface area contributed by atoms with E-state index in [-0.39, 0.29) is 17.9 Å². The molecule has 1 saturated heterocycles. The van der Waals surface area contributed by atoms with Gasteiger partial charge in [-0.3, -0.25) is 9.59 Å². The molecule has 3 rings (SSSR count). The highest BCUT2D eigenvalue weighted by Crippen LogP contribution is 2.29. The highest BCUT2D eigenvalue weighted by molar-refractivity contribution is 5.95. The van der Waals surface area contributed by atoms with E-state index in [1.165, 1.54) is 11.2 Å². The summed E-state index contributed by atoms with van der Waals surface area (Å²) in [6.45, 7) is 7.46. The Kier molecular flexibility index (Phi) is 6.09. The number of amides is 2. The van der Waals surface area contributed by atoms with E-state index in [0.29, 0.717) is 30.8 Å². The van der Waals surface area contributed by atoms with Gasteiger partial charge in [0.05, 0.1) is 38.1 Å². The molecule has 0 radical (unpaired) electrons. The van der Waals surface area contributed by atoms with Gasteiger partial charge in [-0.25, -0.2) is 0 Å². The Balaban J connectivity index is 1.41. The van der Waals surface area contributed by atoms with Crippen molar-refractivity contribution in [3.63, 3.8) is 0 Å². The second kappa shape index (κ2) is 8.49. The fourth-order valence-electron chi connectivity index (χ4n) is 3.20. The molecule has 0 spiro atoms. The molecule has 2 amide bonds. The van der Waals surface area contributed by atoms with Crippen molar-refractivity contribution in [1.29, 1.82) is 0 Å².